The molecule has 3 heteroatoms. The van der Waals surface area contributed by atoms with E-state index in [0.29, 0.717) is 0 Å². The van der Waals surface area contributed by atoms with Gasteiger partial charge < -0.3 is 0 Å². The summed E-state index contributed by atoms with van der Waals surface area (Å²) in [6, 6.07) is 9.95. The van der Waals surface area contributed by atoms with Gasteiger partial charge in [-0.3, -0.25) is 9.80 Å². The summed E-state index contributed by atoms with van der Waals surface area (Å²) in [4.78, 5) is 6.75. The van der Waals surface area contributed by atoms with E-state index in [1.54, 1.807) is 0 Å². The molecule has 2 atom stereocenters. The Morgan fingerprint density at radius 1 is 1.05 bits per heavy atom. The summed E-state index contributed by atoms with van der Waals surface area (Å²) in [5.41, 5.74) is 1.46. The van der Waals surface area contributed by atoms with Crippen LogP contribution in [-0.2, 0) is 6.54 Å². The Morgan fingerprint density at radius 2 is 1.77 bits per heavy atom. The maximum Gasteiger partial charge on any atom is 0.0234 e. The minimum absolute atomic E-state index is 0.867. The quantitative estimate of drug-likeness (QED) is 0.772. The minimum atomic E-state index is 0.867. The molecule has 0 unspecified atom stereocenters. The van der Waals surface area contributed by atoms with Gasteiger partial charge in [0, 0.05) is 43.7 Å². The second-order valence-electron chi connectivity index (χ2n) is 7.09. The molecule has 0 spiro atoms. The highest BCUT2D eigenvalue weighted by molar-refractivity contribution is 7.98. The van der Waals surface area contributed by atoms with E-state index in [9.17, 15) is 0 Å². The summed E-state index contributed by atoms with van der Waals surface area (Å²) >= 11 is 1.82. The fourth-order valence-electron chi connectivity index (χ4n) is 4.01. The predicted molar refractivity (Wildman–Crippen MR) is 96.5 cm³/mol. The molecule has 2 fully saturated rings. The van der Waals surface area contributed by atoms with E-state index in [4.69, 9.17) is 0 Å². The highest BCUT2D eigenvalue weighted by Gasteiger charge is 2.27. The average molecular weight is 319 g/mol. The van der Waals surface area contributed by atoms with Crippen LogP contribution in [0.2, 0.25) is 0 Å². The topological polar surface area (TPSA) is 6.48 Å². The highest BCUT2D eigenvalue weighted by atomic mass is 32.2. The summed E-state index contributed by atoms with van der Waals surface area (Å²) in [5.74, 6) is 0.937. The Balaban J connectivity index is 1.46. The maximum atomic E-state index is 2.77. The molecule has 2 nitrogen and oxygen atoms in total. The lowest BCUT2D eigenvalue weighted by molar-refractivity contribution is 0.0659. The van der Waals surface area contributed by atoms with Gasteiger partial charge in [0.05, 0.1) is 0 Å². The standard InChI is InChI=1S/C19H30N2S/c1-16-4-3-5-18(14-16)21-12-10-20(11-13-21)15-17-6-8-19(22-2)9-7-17/h6-9,16,18H,3-5,10-15H2,1-2H3/t16-,18-/m1/s1. The molecule has 0 radical (unpaired) electrons. The van der Waals surface area contributed by atoms with Crippen molar-refractivity contribution >= 4 is 11.8 Å². The molecule has 0 bridgehead atoms. The van der Waals surface area contributed by atoms with Gasteiger partial charge in [-0.1, -0.05) is 31.9 Å². The van der Waals surface area contributed by atoms with Gasteiger partial charge in [-0.25, -0.2) is 0 Å². The number of rotatable bonds is 4. The monoisotopic (exact) mass is 318 g/mol. The van der Waals surface area contributed by atoms with Crippen molar-refractivity contribution in [2.75, 3.05) is 32.4 Å². The van der Waals surface area contributed by atoms with E-state index in [1.165, 1.54) is 62.3 Å². The van der Waals surface area contributed by atoms with Gasteiger partial charge in [-0.15, -0.1) is 11.8 Å². The molecular weight excluding hydrogens is 288 g/mol. The average Bonchev–Trinajstić information content (AvgIpc) is 2.56. The smallest absolute Gasteiger partial charge is 0.0234 e. The molecular formula is C19H30N2S. The molecule has 1 aromatic rings. The first-order valence-electron chi connectivity index (χ1n) is 8.84. The SMILES string of the molecule is CSc1ccc(CN2CCN([C@@H]3CCC[C@@H](C)C3)CC2)cc1. The van der Waals surface area contributed by atoms with Gasteiger partial charge in [0.25, 0.3) is 0 Å². The van der Waals surface area contributed by atoms with Gasteiger partial charge >= 0.3 is 0 Å². The Kier molecular flexibility index (Phi) is 5.83. The Morgan fingerprint density at radius 3 is 2.41 bits per heavy atom. The number of benzene rings is 1. The van der Waals surface area contributed by atoms with Crippen molar-refractivity contribution < 1.29 is 0 Å². The normalized spacial score (nSPS) is 27.9. The van der Waals surface area contributed by atoms with Crippen LogP contribution in [0, 0.1) is 5.92 Å². The van der Waals surface area contributed by atoms with Crippen molar-refractivity contribution in [1.29, 1.82) is 0 Å². The first kappa shape index (κ1) is 16.4. The van der Waals surface area contributed by atoms with E-state index < -0.39 is 0 Å². The lowest BCUT2D eigenvalue weighted by Crippen LogP contribution is -2.50. The van der Waals surface area contributed by atoms with Gasteiger partial charge in [-0.2, -0.15) is 0 Å². The number of nitrogens with zero attached hydrogens (tertiary/aromatic N) is 2. The van der Waals surface area contributed by atoms with Crippen molar-refractivity contribution in [3.8, 4) is 0 Å². The summed E-state index contributed by atoms with van der Waals surface area (Å²) < 4.78 is 0. The summed E-state index contributed by atoms with van der Waals surface area (Å²) in [7, 11) is 0. The van der Waals surface area contributed by atoms with Crippen LogP contribution in [-0.4, -0.2) is 48.3 Å². The summed E-state index contributed by atoms with van der Waals surface area (Å²) in [6.45, 7) is 8.54. The zero-order valence-electron chi connectivity index (χ0n) is 14.1. The molecule has 1 aliphatic heterocycles. The Bertz CT molecular complexity index is 451. The third kappa shape index (κ3) is 4.27. The van der Waals surface area contributed by atoms with Crippen LogP contribution in [0.1, 0.15) is 38.2 Å². The van der Waals surface area contributed by atoms with Gasteiger partial charge in [0.15, 0.2) is 0 Å². The fraction of sp³-hybridized carbons (Fsp3) is 0.684. The van der Waals surface area contributed by atoms with E-state index in [-0.39, 0.29) is 0 Å². The molecule has 3 rings (SSSR count). The third-order valence-corrected chi connectivity index (χ3v) is 6.14. The van der Waals surface area contributed by atoms with Crippen LogP contribution in [0.15, 0.2) is 29.2 Å². The summed E-state index contributed by atoms with van der Waals surface area (Å²) in [6.07, 6.45) is 7.88. The molecule has 1 saturated heterocycles. The van der Waals surface area contributed by atoms with Crippen molar-refractivity contribution in [3.63, 3.8) is 0 Å². The Hall–Kier alpha value is -0.510. The molecule has 1 aromatic carbocycles. The molecule has 122 valence electrons. The second-order valence-corrected chi connectivity index (χ2v) is 7.97. The molecule has 0 amide bonds. The van der Waals surface area contributed by atoms with E-state index >= 15 is 0 Å². The van der Waals surface area contributed by atoms with Crippen LogP contribution in [0.3, 0.4) is 0 Å². The molecule has 0 aromatic heterocycles. The van der Waals surface area contributed by atoms with Crippen LogP contribution in [0.5, 0.6) is 0 Å². The number of piperazine rings is 1. The lowest BCUT2D eigenvalue weighted by Gasteiger charge is -2.42. The van der Waals surface area contributed by atoms with Gasteiger partial charge in [0.2, 0.25) is 0 Å². The maximum absolute atomic E-state index is 2.77. The van der Waals surface area contributed by atoms with Crippen molar-refractivity contribution in [1.82, 2.24) is 9.80 Å². The molecule has 22 heavy (non-hydrogen) atoms. The largest absolute Gasteiger partial charge is 0.298 e. The van der Waals surface area contributed by atoms with Gasteiger partial charge in [-0.05, 0) is 42.7 Å². The third-order valence-electron chi connectivity index (χ3n) is 5.40. The van der Waals surface area contributed by atoms with Crippen LogP contribution < -0.4 is 0 Å². The Labute approximate surface area is 140 Å². The van der Waals surface area contributed by atoms with Gasteiger partial charge in [0.1, 0.15) is 0 Å². The van der Waals surface area contributed by atoms with Crippen molar-refractivity contribution in [3.05, 3.63) is 29.8 Å². The number of hydrogen-bond donors (Lipinski definition) is 0. The molecule has 1 saturated carbocycles. The van der Waals surface area contributed by atoms with Crippen LogP contribution in [0.25, 0.3) is 0 Å². The summed E-state index contributed by atoms with van der Waals surface area (Å²) in [5, 5.41) is 0. The van der Waals surface area contributed by atoms with E-state index in [1.807, 2.05) is 11.8 Å². The van der Waals surface area contributed by atoms with Crippen LogP contribution >= 0.6 is 11.8 Å². The second kappa shape index (κ2) is 7.85. The fourth-order valence-corrected chi connectivity index (χ4v) is 4.42. The van der Waals surface area contributed by atoms with E-state index in [2.05, 4.69) is 47.2 Å². The van der Waals surface area contributed by atoms with Crippen molar-refractivity contribution in [2.24, 2.45) is 5.92 Å². The minimum Gasteiger partial charge on any atom is -0.298 e. The molecule has 0 N–H and O–H groups in total. The number of thioether (sulfide) groups is 1. The predicted octanol–water partition coefficient (Wildman–Crippen LogP) is 4.10. The highest BCUT2D eigenvalue weighted by Crippen LogP contribution is 2.28. The zero-order valence-corrected chi connectivity index (χ0v) is 14.9. The number of hydrogen-bond acceptors (Lipinski definition) is 3. The zero-order chi connectivity index (χ0) is 15.4. The lowest BCUT2D eigenvalue weighted by atomic mass is 9.86. The molecule has 2 aliphatic rings. The molecule has 1 heterocycles. The first-order chi connectivity index (χ1) is 10.7. The van der Waals surface area contributed by atoms with Crippen LogP contribution in [0.4, 0.5) is 0 Å². The molecule has 1 aliphatic carbocycles. The van der Waals surface area contributed by atoms with Crippen molar-refractivity contribution in [2.45, 2.75) is 50.1 Å². The van der Waals surface area contributed by atoms with E-state index in [0.717, 1.165) is 18.5 Å². The first-order valence-corrected chi connectivity index (χ1v) is 10.1.